The summed E-state index contributed by atoms with van der Waals surface area (Å²) in [5.41, 5.74) is 5.77. The molecule has 0 amide bonds. The number of rotatable bonds is 7. The highest BCUT2D eigenvalue weighted by atomic mass is 35.5. The monoisotopic (exact) mass is 442 g/mol. The lowest BCUT2D eigenvalue weighted by Crippen LogP contribution is -2.46. The van der Waals surface area contributed by atoms with Gasteiger partial charge in [-0.1, -0.05) is 24.3 Å². The van der Waals surface area contributed by atoms with Gasteiger partial charge in [-0.25, -0.2) is 4.98 Å². The molecule has 1 aliphatic rings. The Hall–Kier alpha value is -2.48. The number of aromatic nitrogens is 4. The van der Waals surface area contributed by atoms with Crippen molar-refractivity contribution in [3.05, 3.63) is 59.7 Å². The molecule has 0 radical (unpaired) electrons. The van der Waals surface area contributed by atoms with Gasteiger partial charge in [0.2, 0.25) is 0 Å². The van der Waals surface area contributed by atoms with Gasteiger partial charge in [-0.05, 0) is 19.4 Å². The standard InChI is InChI=1S/C23H30N6O.ClH/c1-4-29-18(2)21(15-26-29)16-27-11-13-28(14-12-27)23-22(24-9-10-25-23)20-7-5-19(6-8-20)17-30-3;/h5-10,15H,4,11-14,16-17H2,1-3H3;1H. The van der Waals surface area contributed by atoms with Gasteiger partial charge >= 0.3 is 0 Å². The van der Waals surface area contributed by atoms with Gasteiger partial charge < -0.3 is 9.64 Å². The van der Waals surface area contributed by atoms with Crippen molar-refractivity contribution in [2.45, 2.75) is 33.5 Å². The van der Waals surface area contributed by atoms with E-state index >= 15 is 0 Å². The van der Waals surface area contributed by atoms with Crippen molar-refractivity contribution in [1.82, 2.24) is 24.6 Å². The summed E-state index contributed by atoms with van der Waals surface area (Å²) in [6.07, 6.45) is 5.57. The summed E-state index contributed by atoms with van der Waals surface area (Å²) in [7, 11) is 1.71. The van der Waals surface area contributed by atoms with Crippen LogP contribution in [0.4, 0.5) is 5.82 Å². The number of aryl methyl sites for hydroxylation is 1. The Morgan fingerprint density at radius 1 is 1.00 bits per heavy atom. The zero-order chi connectivity index (χ0) is 20.9. The van der Waals surface area contributed by atoms with Crippen LogP contribution in [-0.4, -0.2) is 57.9 Å². The molecule has 1 fully saturated rings. The van der Waals surface area contributed by atoms with Crippen molar-refractivity contribution in [2.75, 3.05) is 38.2 Å². The van der Waals surface area contributed by atoms with Crippen LogP contribution in [0.25, 0.3) is 11.3 Å². The van der Waals surface area contributed by atoms with Crippen molar-refractivity contribution in [1.29, 1.82) is 0 Å². The Bertz CT molecular complexity index is 966. The SMILES string of the molecule is CCn1ncc(CN2CCN(c3nccnc3-c3ccc(COC)cc3)CC2)c1C.Cl. The Labute approximate surface area is 190 Å². The summed E-state index contributed by atoms with van der Waals surface area (Å²) in [6, 6.07) is 8.39. The first-order valence-corrected chi connectivity index (χ1v) is 10.6. The number of halogens is 1. The van der Waals surface area contributed by atoms with Crippen molar-refractivity contribution < 1.29 is 4.74 Å². The first-order chi connectivity index (χ1) is 14.7. The van der Waals surface area contributed by atoms with Gasteiger partial charge in [0.15, 0.2) is 5.82 Å². The van der Waals surface area contributed by atoms with Crippen LogP contribution in [0.15, 0.2) is 42.9 Å². The Kier molecular flexibility index (Phi) is 8.01. The third kappa shape index (κ3) is 5.23. The number of anilines is 1. The zero-order valence-corrected chi connectivity index (χ0v) is 19.3. The minimum absolute atomic E-state index is 0. The van der Waals surface area contributed by atoms with E-state index in [1.54, 1.807) is 19.5 Å². The molecule has 0 saturated carbocycles. The van der Waals surface area contributed by atoms with Crippen molar-refractivity contribution >= 4 is 18.2 Å². The molecule has 0 atom stereocenters. The van der Waals surface area contributed by atoms with E-state index in [1.807, 2.05) is 6.20 Å². The van der Waals surface area contributed by atoms with E-state index in [2.05, 4.69) is 67.7 Å². The Balaban J connectivity index is 0.00000272. The molecule has 4 rings (SSSR count). The number of benzene rings is 1. The second-order valence-electron chi connectivity index (χ2n) is 7.69. The fraction of sp³-hybridized carbons (Fsp3) is 0.435. The third-order valence-corrected chi connectivity index (χ3v) is 5.79. The number of piperazine rings is 1. The lowest BCUT2D eigenvalue weighted by atomic mass is 10.1. The van der Waals surface area contributed by atoms with Crippen LogP contribution in [0.3, 0.4) is 0 Å². The molecule has 1 aromatic carbocycles. The van der Waals surface area contributed by atoms with Crippen LogP contribution >= 0.6 is 12.4 Å². The van der Waals surface area contributed by atoms with Crippen LogP contribution in [-0.2, 0) is 24.4 Å². The Morgan fingerprint density at radius 3 is 2.35 bits per heavy atom. The van der Waals surface area contributed by atoms with Gasteiger partial charge in [-0.3, -0.25) is 14.6 Å². The number of hydrogen-bond acceptors (Lipinski definition) is 6. The highest BCUT2D eigenvalue weighted by molar-refractivity contribution is 5.85. The summed E-state index contributed by atoms with van der Waals surface area (Å²) < 4.78 is 7.28. The first-order valence-electron chi connectivity index (χ1n) is 10.6. The van der Waals surface area contributed by atoms with E-state index in [4.69, 9.17) is 4.74 Å². The van der Waals surface area contributed by atoms with Crippen LogP contribution in [0.2, 0.25) is 0 Å². The largest absolute Gasteiger partial charge is 0.380 e. The molecule has 1 saturated heterocycles. The van der Waals surface area contributed by atoms with E-state index in [9.17, 15) is 0 Å². The van der Waals surface area contributed by atoms with Gasteiger partial charge in [-0.2, -0.15) is 5.10 Å². The minimum atomic E-state index is 0. The molecule has 3 aromatic rings. The van der Waals surface area contributed by atoms with Gasteiger partial charge in [-0.15, -0.1) is 12.4 Å². The minimum Gasteiger partial charge on any atom is -0.380 e. The van der Waals surface area contributed by atoms with Crippen LogP contribution in [0.5, 0.6) is 0 Å². The maximum Gasteiger partial charge on any atom is 0.155 e. The molecule has 7 nitrogen and oxygen atoms in total. The summed E-state index contributed by atoms with van der Waals surface area (Å²) in [5, 5.41) is 4.48. The van der Waals surface area contributed by atoms with Gasteiger partial charge in [0, 0.05) is 75.6 Å². The molecule has 8 heteroatoms. The topological polar surface area (TPSA) is 59.3 Å². The number of ether oxygens (including phenoxy) is 1. The smallest absolute Gasteiger partial charge is 0.155 e. The third-order valence-electron chi connectivity index (χ3n) is 5.79. The average Bonchev–Trinajstić information content (AvgIpc) is 3.14. The van der Waals surface area contributed by atoms with Gasteiger partial charge in [0.05, 0.1) is 12.8 Å². The van der Waals surface area contributed by atoms with Crippen LogP contribution in [0.1, 0.15) is 23.7 Å². The van der Waals surface area contributed by atoms with Gasteiger partial charge in [0.1, 0.15) is 5.69 Å². The molecule has 0 bridgehead atoms. The summed E-state index contributed by atoms with van der Waals surface area (Å²) in [6.45, 7) is 10.7. The summed E-state index contributed by atoms with van der Waals surface area (Å²) >= 11 is 0. The number of methoxy groups -OCH3 is 1. The quantitative estimate of drug-likeness (QED) is 0.557. The molecule has 166 valence electrons. The van der Waals surface area contributed by atoms with Crippen molar-refractivity contribution in [2.24, 2.45) is 0 Å². The molecular formula is C23H31ClN6O. The molecule has 0 N–H and O–H groups in total. The molecule has 3 heterocycles. The molecule has 0 spiro atoms. The predicted octanol–water partition coefficient (Wildman–Crippen LogP) is 3.56. The second-order valence-corrected chi connectivity index (χ2v) is 7.69. The molecule has 1 aliphatic heterocycles. The molecule has 0 aliphatic carbocycles. The Morgan fingerprint density at radius 2 is 1.71 bits per heavy atom. The summed E-state index contributed by atoms with van der Waals surface area (Å²) in [4.78, 5) is 14.2. The molecule has 2 aromatic heterocycles. The highest BCUT2D eigenvalue weighted by Crippen LogP contribution is 2.28. The first kappa shape index (κ1) is 23.2. The summed E-state index contributed by atoms with van der Waals surface area (Å²) in [5.74, 6) is 0.964. The van der Waals surface area contributed by atoms with Crippen molar-refractivity contribution in [3.63, 3.8) is 0 Å². The van der Waals surface area contributed by atoms with Crippen LogP contribution < -0.4 is 4.90 Å². The predicted molar refractivity (Wildman–Crippen MR) is 126 cm³/mol. The van der Waals surface area contributed by atoms with Crippen molar-refractivity contribution in [3.8, 4) is 11.3 Å². The molecule has 0 unspecified atom stereocenters. The molecule has 31 heavy (non-hydrogen) atoms. The van der Waals surface area contributed by atoms with E-state index < -0.39 is 0 Å². The second kappa shape index (κ2) is 10.7. The number of nitrogens with zero attached hydrogens (tertiary/aromatic N) is 6. The maximum atomic E-state index is 5.21. The fourth-order valence-corrected chi connectivity index (χ4v) is 4.01. The van der Waals surface area contributed by atoms with Crippen LogP contribution in [0, 0.1) is 6.92 Å². The van der Waals surface area contributed by atoms with E-state index in [1.165, 1.54) is 11.3 Å². The molecular weight excluding hydrogens is 412 g/mol. The lowest BCUT2D eigenvalue weighted by molar-refractivity contribution is 0.185. The normalized spacial score (nSPS) is 14.5. The fourth-order valence-electron chi connectivity index (χ4n) is 4.01. The van der Waals surface area contributed by atoms with Gasteiger partial charge in [0.25, 0.3) is 0 Å². The maximum absolute atomic E-state index is 5.21. The lowest BCUT2D eigenvalue weighted by Gasteiger charge is -2.35. The number of hydrogen-bond donors (Lipinski definition) is 0. The van der Waals surface area contributed by atoms with E-state index in [0.717, 1.165) is 61.9 Å². The zero-order valence-electron chi connectivity index (χ0n) is 18.5. The highest BCUT2D eigenvalue weighted by Gasteiger charge is 2.22. The van der Waals surface area contributed by atoms with E-state index in [0.29, 0.717) is 6.61 Å². The average molecular weight is 443 g/mol. The van der Waals surface area contributed by atoms with E-state index in [-0.39, 0.29) is 12.4 Å².